The summed E-state index contributed by atoms with van der Waals surface area (Å²) in [7, 11) is 0. The SMILES string of the molecule is CCc1ccc2c(c1-c1ccccc1-c1ccccc1)C=C(c1ccccc1)[CH]2. The lowest BCUT2D eigenvalue weighted by Crippen LogP contribution is -1.95. The molecule has 0 fully saturated rings. The summed E-state index contributed by atoms with van der Waals surface area (Å²) in [5, 5.41) is 0. The van der Waals surface area contributed by atoms with Crippen LogP contribution in [0.3, 0.4) is 0 Å². The van der Waals surface area contributed by atoms with Crippen LogP contribution >= 0.6 is 0 Å². The molecule has 1 radical (unpaired) electrons. The van der Waals surface area contributed by atoms with E-state index in [0.717, 1.165) is 6.42 Å². The smallest absolute Gasteiger partial charge is 0.0211 e. The molecule has 139 valence electrons. The summed E-state index contributed by atoms with van der Waals surface area (Å²) in [6.45, 7) is 2.25. The molecule has 0 bridgehead atoms. The van der Waals surface area contributed by atoms with Gasteiger partial charge in [0.15, 0.2) is 0 Å². The molecule has 1 aliphatic carbocycles. The van der Waals surface area contributed by atoms with Crippen LogP contribution in [0.15, 0.2) is 97.1 Å². The Balaban J connectivity index is 1.73. The first-order valence-corrected chi connectivity index (χ1v) is 10.3. The quantitative estimate of drug-likeness (QED) is 0.345. The summed E-state index contributed by atoms with van der Waals surface area (Å²) >= 11 is 0. The van der Waals surface area contributed by atoms with Crippen molar-refractivity contribution in [1.82, 2.24) is 0 Å². The van der Waals surface area contributed by atoms with E-state index in [1.807, 2.05) is 0 Å². The van der Waals surface area contributed by atoms with Crippen molar-refractivity contribution in [1.29, 1.82) is 0 Å². The van der Waals surface area contributed by atoms with Crippen molar-refractivity contribution < 1.29 is 0 Å². The fraction of sp³-hybridized carbons (Fsp3) is 0.0690. The summed E-state index contributed by atoms with van der Waals surface area (Å²) in [6.07, 6.45) is 5.69. The molecule has 29 heavy (non-hydrogen) atoms. The van der Waals surface area contributed by atoms with Gasteiger partial charge in [-0.3, -0.25) is 0 Å². The first-order chi connectivity index (χ1) is 14.3. The van der Waals surface area contributed by atoms with E-state index in [9.17, 15) is 0 Å². The number of hydrogen-bond donors (Lipinski definition) is 0. The van der Waals surface area contributed by atoms with Crippen LogP contribution in [0.5, 0.6) is 0 Å². The van der Waals surface area contributed by atoms with Crippen LogP contribution < -0.4 is 0 Å². The molecule has 0 aliphatic heterocycles. The van der Waals surface area contributed by atoms with E-state index in [-0.39, 0.29) is 0 Å². The van der Waals surface area contributed by atoms with Crippen molar-refractivity contribution in [2.24, 2.45) is 0 Å². The van der Waals surface area contributed by atoms with Gasteiger partial charge < -0.3 is 0 Å². The molecule has 0 unspecified atom stereocenters. The maximum Gasteiger partial charge on any atom is 0.0211 e. The van der Waals surface area contributed by atoms with Crippen LogP contribution in [0.25, 0.3) is 33.9 Å². The second kappa shape index (κ2) is 7.56. The van der Waals surface area contributed by atoms with Crippen LogP contribution in [0.2, 0.25) is 0 Å². The third kappa shape index (κ3) is 3.21. The van der Waals surface area contributed by atoms with Gasteiger partial charge in [0.1, 0.15) is 0 Å². The highest BCUT2D eigenvalue weighted by molar-refractivity contribution is 6.01. The Morgan fingerprint density at radius 3 is 1.90 bits per heavy atom. The van der Waals surface area contributed by atoms with Gasteiger partial charge >= 0.3 is 0 Å². The van der Waals surface area contributed by atoms with Gasteiger partial charge in [-0.2, -0.15) is 0 Å². The van der Waals surface area contributed by atoms with Crippen LogP contribution in [0.4, 0.5) is 0 Å². The zero-order chi connectivity index (χ0) is 19.6. The lowest BCUT2D eigenvalue weighted by molar-refractivity contribution is 1.14. The Kier molecular flexibility index (Phi) is 4.62. The van der Waals surface area contributed by atoms with Gasteiger partial charge in [0, 0.05) is 6.42 Å². The molecule has 4 aromatic carbocycles. The molecular formula is C29H23. The maximum atomic E-state index is 2.36. The standard InChI is InChI=1S/C29H23/c1-2-21-17-18-24-19-25(22-11-5-3-6-12-22)20-28(24)29(21)27-16-10-9-15-26(27)23-13-7-4-8-14-23/h3-20H,2H2,1H3. The average Bonchev–Trinajstić information content (AvgIpc) is 3.24. The number of hydrogen-bond acceptors (Lipinski definition) is 0. The van der Waals surface area contributed by atoms with Crippen LogP contribution in [0, 0.1) is 6.42 Å². The minimum atomic E-state index is 1.01. The second-order valence-electron chi connectivity index (χ2n) is 7.48. The second-order valence-corrected chi connectivity index (χ2v) is 7.48. The molecule has 0 heteroatoms. The van der Waals surface area contributed by atoms with Gasteiger partial charge in [-0.25, -0.2) is 0 Å². The Bertz CT molecular complexity index is 1180. The lowest BCUT2D eigenvalue weighted by Gasteiger charge is -2.17. The van der Waals surface area contributed by atoms with Crippen LogP contribution in [0.1, 0.15) is 29.2 Å². The molecule has 0 N–H and O–H groups in total. The molecule has 0 nitrogen and oxygen atoms in total. The highest BCUT2D eigenvalue weighted by Gasteiger charge is 2.21. The average molecular weight is 372 g/mol. The number of allylic oxidation sites excluding steroid dienone is 1. The van der Waals surface area contributed by atoms with Crippen LogP contribution in [-0.4, -0.2) is 0 Å². The monoisotopic (exact) mass is 371 g/mol. The van der Waals surface area contributed by atoms with E-state index in [2.05, 4.69) is 116 Å². The van der Waals surface area contributed by atoms with Gasteiger partial charge in [0.2, 0.25) is 0 Å². The molecule has 0 amide bonds. The molecule has 0 aromatic heterocycles. The number of rotatable bonds is 4. The van der Waals surface area contributed by atoms with E-state index in [1.165, 1.54) is 50.1 Å². The van der Waals surface area contributed by atoms with Crippen molar-refractivity contribution in [3.05, 3.63) is 126 Å². The molecule has 0 heterocycles. The summed E-state index contributed by atoms with van der Waals surface area (Å²) < 4.78 is 0. The zero-order valence-corrected chi connectivity index (χ0v) is 16.6. The highest BCUT2D eigenvalue weighted by atomic mass is 14.2. The van der Waals surface area contributed by atoms with E-state index in [4.69, 9.17) is 0 Å². The molecule has 0 spiro atoms. The van der Waals surface area contributed by atoms with Gasteiger partial charge in [0.25, 0.3) is 0 Å². The predicted octanol–water partition coefficient (Wildman–Crippen LogP) is 7.69. The van der Waals surface area contributed by atoms with Crippen molar-refractivity contribution in [2.75, 3.05) is 0 Å². The van der Waals surface area contributed by atoms with Gasteiger partial charge in [-0.05, 0) is 62.6 Å². The van der Waals surface area contributed by atoms with Crippen molar-refractivity contribution in [3.63, 3.8) is 0 Å². The van der Waals surface area contributed by atoms with E-state index in [0.29, 0.717) is 0 Å². The Hall–Kier alpha value is -3.38. The lowest BCUT2D eigenvalue weighted by atomic mass is 9.87. The fourth-order valence-corrected chi connectivity index (χ4v) is 4.31. The fourth-order valence-electron chi connectivity index (χ4n) is 4.31. The first-order valence-electron chi connectivity index (χ1n) is 10.3. The van der Waals surface area contributed by atoms with Gasteiger partial charge in [-0.15, -0.1) is 0 Å². The Morgan fingerprint density at radius 2 is 1.21 bits per heavy atom. The molecule has 4 aromatic rings. The maximum absolute atomic E-state index is 2.36. The number of fused-ring (bicyclic) bond motifs is 1. The van der Waals surface area contributed by atoms with Crippen molar-refractivity contribution in [3.8, 4) is 22.3 Å². The number of benzene rings is 4. The van der Waals surface area contributed by atoms with Gasteiger partial charge in [-0.1, -0.05) is 104 Å². The molecule has 1 aliphatic rings. The Morgan fingerprint density at radius 1 is 0.586 bits per heavy atom. The van der Waals surface area contributed by atoms with Crippen molar-refractivity contribution >= 4 is 11.6 Å². The van der Waals surface area contributed by atoms with E-state index >= 15 is 0 Å². The summed E-state index contributed by atoms with van der Waals surface area (Å²) in [5.74, 6) is 0. The minimum Gasteiger partial charge on any atom is -0.0622 e. The Labute approximate surface area is 173 Å². The van der Waals surface area contributed by atoms with E-state index in [1.54, 1.807) is 0 Å². The predicted molar refractivity (Wildman–Crippen MR) is 124 cm³/mol. The number of aryl methyl sites for hydroxylation is 1. The van der Waals surface area contributed by atoms with E-state index < -0.39 is 0 Å². The molecular weight excluding hydrogens is 348 g/mol. The third-order valence-corrected chi connectivity index (χ3v) is 5.75. The van der Waals surface area contributed by atoms with Crippen LogP contribution in [-0.2, 0) is 6.42 Å². The van der Waals surface area contributed by atoms with Gasteiger partial charge in [0.05, 0.1) is 0 Å². The topological polar surface area (TPSA) is 0 Å². The van der Waals surface area contributed by atoms with Crippen molar-refractivity contribution in [2.45, 2.75) is 13.3 Å². The molecule has 0 atom stereocenters. The summed E-state index contributed by atoms with van der Waals surface area (Å²) in [5.41, 5.74) is 11.8. The largest absolute Gasteiger partial charge is 0.0622 e. The summed E-state index contributed by atoms with van der Waals surface area (Å²) in [6, 6.07) is 34.7. The first kappa shape index (κ1) is 17.7. The molecule has 0 saturated heterocycles. The minimum absolute atomic E-state index is 1.01. The third-order valence-electron chi connectivity index (χ3n) is 5.75. The molecule has 5 rings (SSSR count). The molecule has 0 saturated carbocycles. The highest BCUT2D eigenvalue weighted by Crippen LogP contribution is 2.43. The zero-order valence-electron chi connectivity index (χ0n) is 16.6. The summed E-state index contributed by atoms with van der Waals surface area (Å²) in [4.78, 5) is 0. The normalized spacial score (nSPS) is 12.5.